The van der Waals surface area contributed by atoms with Gasteiger partial charge in [-0.2, -0.15) is 5.26 Å². The molecule has 1 aromatic rings. The molecule has 0 heterocycles. The highest BCUT2D eigenvalue weighted by Gasteiger charge is 2.20. The van der Waals surface area contributed by atoms with E-state index in [4.69, 9.17) is 5.26 Å². The van der Waals surface area contributed by atoms with Gasteiger partial charge in [-0.1, -0.05) is 6.07 Å². The van der Waals surface area contributed by atoms with E-state index >= 15 is 0 Å². The Morgan fingerprint density at radius 2 is 2.29 bits per heavy atom. The van der Waals surface area contributed by atoms with Crippen molar-refractivity contribution in [1.82, 2.24) is 0 Å². The largest absolute Gasteiger partial charge is 0.293 e. The zero-order valence-electron chi connectivity index (χ0n) is 7.42. The van der Waals surface area contributed by atoms with Crippen molar-refractivity contribution < 1.29 is 9.18 Å². The van der Waals surface area contributed by atoms with Gasteiger partial charge in [-0.05, 0) is 35.0 Å². The maximum absolute atomic E-state index is 13.2. The van der Waals surface area contributed by atoms with E-state index < -0.39 is 17.5 Å². The zero-order valence-corrected chi connectivity index (χ0v) is 9.01. The molecule has 0 fully saturated rings. The molecule has 0 spiro atoms. The monoisotopic (exact) mass is 255 g/mol. The predicted octanol–water partition coefficient (Wildman–Crippen LogP) is 2.93. The zero-order chi connectivity index (χ0) is 10.7. The number of ketones is 1. The molecule has 0 aliphatic rings. The van der Waals surface area contributed by atoms with E-state index in [1.54, 1.807) is 12.1 Å². The summed E-state index contributed by atoms with van der Waals surface area (Å²) in [6.45, 7) is 1.45. The highest BCUT2D eigenvalue weighted by Crippen LogP contribution is 2.22. The van der Waals surface area contributed by atoms with Crippen LogP contribution in [-0.2, 0) is 0 Å². The average molecular weight is 256 g/mol. The maximum atomic E-state index is 13.2. The van der Waals surface area contributed by atoms with Gasteiger partial charge < -0.3 is 0 Å². The van der Waals surface area contributed by atoms with Crippen LogP contribution < -0.4 is 0 Å². The molecule has 0 bridgehead atoms. The summed E-state index contributed by atoms with van der Waals surface area (Å²) < 4.78 is 13.6. The Hall–Kier alpha value is -1.21. The predicted molar refractivity (Wildman–Crippen MR) is 53.2 cm³/mol. The fraction of sp³-hybridized carbons (Fsp3) is 0.200. The third-order valence-electron chi connectivity index (χ3n) is 1.80. The molecule has 0 radical (unpaired) electrons. The van der Waals surface area contributed by atoms with Crippen LogP contribution >= 0.6 is 15.9 Å². The SMILES string of the molecule is CC(C#N)C(=O)c1c(F)cccc1Br. The Kier molecular flexibility index (Phi) is 3.37. The molecule has 72 valence electrons. The minimum absolute atomic E-state index is 0.0541. The maximum Gasteiger partial charge on any atom is 0.183 e. The van der Waals surface area contributed by atoms with Crippen molar-refractivity contribution in [2.45, 2.75) is 6.92 Å². The molecule has 0 aliphatic carbocycles. The molecular weight excluding hydrogens is 249 g/mol. The van der Waals surface area contributed by atoms with Gasteiger partial charge in [0.05, 0.1) is 11.6 Å². The van der Waals surface area contributed by atoms with Gasteiger partial charge in [0, 0.05) is 4.47 Å². The highest BCUT2D eigenvalue weighted by atomic mass is 79.9. The van der Waals surface area contributed by atoms with Crippen molar-refractivity contribution >= 4 is 21.7 Å². The van der Waals surface area contributed by atoms with E-state index in [1.165, 1.54) is 19.1 Å². The topological polar surface area (TPSA) is 40.9 Å². The lowest BCUT2D eigenvalue weighted by atomic mass is 10.0. The normalized spacial score (nSPS) is 11.9. The van der Waals surface area contributed by atoms with Crippen molar-refractivity contribution in [3.05, 3.63) is 34.1 Å². The van der Waals surface area contributed by atoms with Crippen LogP contribution in [0.5, 0.6) is 0 Å². The van der Waals surface area contributed by atoms with Crippen molar-refractivity contribution in [3.63, 3.8) is 0 Å². The van der Waals surface area contributed by atoms with Crippen LogP contribution in [0, 0.1) is 23.1 Å². The Bertz CT molecular complexity index is 391. The van der Waals surface area contributed by atoms with Gasteiger partial charge in [0.2, 0.25) is 0 Å². The van der Waals surface area contributed by atoms with Gasteiger partial charge >= 0.3 is 0 Å². The van der Waals surface area contributed by atoms with Crippen molar-refractivity contribution in [3.8, 4) is 6.07 Å². The molecule has 2 nitrogen and oxygen atoms in total. The number of carbonyl (C=O) groups is 1. The van der Waals surface area contributed by atoms with Crippen LogP contribution in [0.25, 0.3) is 0 Å². The summed E-state index contributed by atoms with van der Waals surface area (Å²) in [5, 5.41) is 8.54. The summed E-state index contributed by atoms with van der Waals surface area (Å²) in [6, 6.07) is 6.04. The number of rotatable bonds is 2. The lowest BCUT2D eigenvalue weighted by Crippen LogP contribution is -2.11. The fourth-order valence-corrected chi connectivity index (χ4v) is 1.55. The Balaban J connectivity index is 3.20. The number of carbonyl (C=O) groups excluding carboxylic acids is 1. The van der Waals surface area contributed by atoms with Crippen LogP contribution in [0.4, 0.5) is 4.39 Å². The smallest absolute Gasteiger partial charge is 0.183 e. The van der Waals surface area contributed by atoms with E-state index in [0.29, 0.717) is 4.47 Å². The van der Waals surface area contributed by atoms with Crippen molar-refractivity contribution in [2.24, 2.45) is 5.92 Å². The van der Waals surface area contributed by atoms with E-state index in [1.807, 2.05) is 0 Å². The van der Waals surface area contributed by atoms with Gasteiger partial charge in [0.25, 0.3) is 0 Å². The molecule has 0 aliphatic heterocycles. The number of nitrogens with zero attached hydrogens (tertiary/aromatic N) is 1. The minimum Gasteiger partial charge on any atom is -0.293 e. The standard InChI is InChI=1S/C10H7BrFNO/c1-6(5-13)10(14)9-7(11)3-2-4-8(9)12/h2-4,6H,1H3. The summed E-state index contributed by atoms with van der Waals surface area (Å²) in [6.07, 6.45) is 0. The van der Waals surface area contributed by atoms with Crippen LogP contribution in [0.3, 0.4) is 0 Å². The van der Waals surface area contributed by atoms with Crippen LogP contribution in [0.2, 0.25) is 0 Å². The van der Waals surface area contributed by atoms with Crippen molar-refractivity contribution in [2.75, 3.05) is 0 Å². The van der Waals surface area contributed by atoms with Crippen LogP contribution in [0.15, 0.2) is 22.7 Å². The summed E-state index contributed by atoms with van der Waals surface area (Å²) in [7, 11) is 0. The van der Waals surface area contributed by atoms with Crippen molar-refractivity contribution in [1.29, 1.82) is 5.26 Å². The first-order chi connectivity index (χ1) is 6.57. The molecule has 4 heteroatoms. The second-order valence-electron chi connectivity index (χ2n) is 2.81. The van der Waals surface area contributed by atoms with E-state index in [-0.39, 0.29) is 5.56 Å². The number of halogens is 2. The Labute approximate surface area is 89.5 Å². The summed E-state index contributed by atoms with van der Waals surface area (Å²) in [4.78, 5) is 11.5. The number of hydrogen-bond acceptors (Lipinski definition) is 2. The summed E-state index contributed by atoms with van der Waals surface area (Å²) in [5.74, 6) is -1.94. The van der Waals surface area contributed by atoms with Gasteiger partial charge in [0.15, 0.2) is 5.78 Å². The third-order valence-corrected chi connectivity index (χ3v) is 2.46. The first-order valence-electron chi connectivity index (χ1n) is 3.95. The molecular formula is C10H7BrFNO. The first kappa shape index (κ1) is 10.9. The molecule has 1 aromatic carbocycles. The second-order valence-corrected chi connectivity index (χ2v) is 3.67. The molecule has 0 aromatic heterocycles. The molecule has 0 saturated carbocycles. The van der Waals surface area contributed by atoms with Crippen LogP contribution in [-0.4, -0.2) is 5.78 Å². The fourth-order valence-electron chi connectivity index (χ4n) is 1.01. The lowest BCUT2D eigenvalue weighted by Gasteiger charge is -2.05. The number of Topliss-reactive ketones (excluding diaryl/α,β-unsaturated/α-hetero) is 1. The van der Waals surface area contributed by atoms with Crippen LogP contribution in [0.1, 0.15) is 17.3 Å². The van der Waals surface area contributed by atoms with E-state index in [2.05, 4.69) is 15.9 Å². The summed E-state index contributed by atoms with van der Waals surface area (Å²) >= 11 is 3.07. The quantitative estimate of drug-likeness (QED) is 0.763. The molecule has 0 amide bonds. The minimum atomic E-state index is -0.830. The molecule has 1 atom stereocenters. The lowest BCUT2D eigenvalue weighted by molar-refractivity contribution is 0.0951. The Morgan fingerprint density at radius 1 is 1.64 bits per heavy atom. The summed E-state index contributed by atoms with van der Waals surface area (Å²) in [5.41, 5.74) is -0.0541. The van der Waals surface area contributed by atoms with E-state index in [0.717, 1.165) is 0 Å². The van der Waals surface area contributed by atoms with E-state index in [9.17, 15) is 9.18 Å². The highest BCUT2D eigenvalue weighted by molar-refractivity contribution is 9.10. The van der Waals surface area contributed by atoms with Gasteiger partial charge in [-0.25, -0.2) is 4.39 Å². The van der Waals surface area contributed by atoms with Gasteiger partial charge in [-0.3, -0.25) is 4.79 Å². The number of hydrogen-bond donors (Lipinski definition) is 0. The molecule has 1 unspecified atom stereocenters. The van der Waals surface area contributed by atoms with Gasteiger partial charge in [0.1, 0.15) is 11.7 Å². The second kappa shape index (κ2) is 4.34. The molecule has 0 saturated heterocycles. The molecule has 1 rings (SSSR count). The number of nitriles is 1. The molecule has 14 heavy (non-hydrogen) atoms. The number of benzene rings is 1. The Morgan fingerprint density at radius 3 is 2.79 bits per heavy atom. The molecule has 0 N–H and O–H groups in total. The third kappa shape index (κ3) is 1.99. The first-order valence-corrected chi connectivity index (χ1v) is 4.75. The average Bonchev–Trinajstić information content (AvgIpc) is 2.16. The van der Waals surface area contributed by atoms with Gasteiger partial charge in [-0.15, -0.1) is 0 Å².